The number of halogens is 3. The Morgan fingerprint density at radius 3 is 2.28 bits per heavy atom. The molecule has 0 fully saturated rings. The topological polar surface area (TPSA) is 114 Å². The van der Waals surface area contributed by atoms with Crippen LogP contribution >= 0.6 is 0 Å². The standard InChI is InChI=1S/C17H16F3N3O5S/c1-21-29(26,27)14-7-5-11(6-8-14)16(25)23-22-15(24)10-28-13-4-2-3-12(9-13)17(18,19)20/h2-9,21H,10H2,1H3,(H,22,24)(H,23,25). The number of hydrazine groups is 1. The van der Waals surface area contributed by atoms with Crippen molar-refractivity contribution in [3.8, 4) is 5.75 Å². The molecule has 2 aromatic carbocycles. The van der Waals surface area contributed by atoms with Gasteiger partial charge in [0.2, 0.25) is 10.0 Å². The minimum absolute atomic E-state index is 0.0462. The first-order chi connectivity index (χ1) is 13.5. The summed E-state index contributed by atoms with van der Waals surface area (Å²) >= 11 is 0. The van der Waals surface area contributed by atoms with Crippen molar-refractivity contribution in [3.63, 3.8) is 0 Å². The van der Waals surface area contributed by atoms with Gasteiger partial charge in [0, 0.05) is 5.56 Å². The molecule has 2 amide bonds. The van der Waals surface area contributed by atoms with Crippen LogP contribution in [0.15, 0.2) is 53.4 Å². The molecule has 0 heterocycles. The second kappa shape index (κ2) is 8.92. The summed E-state index contributed by atoms with van der Waals surface area (Å²) in [5.41, 5.74) is 3.26. The predicted octanol–water partition coefficient (Wildman–Crippen LogP) is 1.45. The molecule has 3 N–H and O–H groups in total. The third-order valence-electron chi connectivity index (χ3n) is 3.54. The molecule has 8 nitrogen and oxygen atoms in total. The molecule has 2 aromatic rings. The summed E-state index contributed by atoms with van der Waals surface area (Å²) < 4.78 is 68.2. The van der Waals surface area contributed by atoms with Crippen LogP contribution in [-0.4, -0.2) is 33.9 Å². The number of amides is 2. The summed E-state index contributed by atoms with van der Waals surface area (Å²) in [5.74, 6) is -1.71. The van der Waals surface area contributed by atoms with Crippen LogP contribution in [0.5, 0.6) is 5.75 Å². The van der Waals surface area contributed by atoms with Crippen LogP contribution < -0.4 is 20.3 Å². The summed E-state index contributed by atoms with van der Waals surface area (Å²) in [6, 6.07) is 8.89. The molecule has 2 rings (SSSR count). The van der Waals surface area contributed by atoms with Gasteiger partial charge in [-0.15, -0.1) is 0 Å². The van der Waals surface area contributed by atoms with E-state index in [0.717, 1.165) is 18.2 Å². The van der Waals surface area contributed by atoms with Crippen LogP contribution in [0, 0.1) is 0 Å². The van der Waals surface area contributed by atoms with Gasteiger partial charge in [0.15, 0.2) is 6.61 Å². The van der Waals surface area contributed by atoms with E-state index >= 15 is 0 Å². The Kier molecular flexibility index (Phi) is 6.82. The van der Waals surface area contributed by atoms with Gasteiger partial charge in [-0.05, 0) is 49.5 Å². The largest absolute Gasteiger partial charge is 0.484 e. The number of sulfonamides is 1. The third kappa shape index (κ3) is 6.19. The normalized spacial score (nSPS) is 11.6. The number of hydrogen-bond acceptors (Lipinski definition) is 5. The molecule has 0 bridgehead atoms. The Bertz CT molecular complexity index is 992. The molecule has 0 atom stereocenters. The van der Waals surface area contributed by atoms with E-state index in [1.54, 1.807) is 0 Å². The van der Waals surface area contributed by atoms with E-state index in [0.29, 0.717) is 0 Å². The second-order valence-corrected chi connectivity index (χ2v) is 7.44. The fourth-order valence-electron chi connectivity index (χ4n) is 2.05. The molecule has 0 aromatic heterocycles. The van der Waals surface area contributed by atoms with Gasteiger partial charge in [0.1, 0.15) is 5.75 Å². The van der Waals surface area contributed by atoms with Gasteiger partial charge in [-0.3, -0.25) is 20.4 Å². The maximum atomic E-state index is 12.6. The molecule has 12 heteroatoms. The fraction of sp³-hybridized carbons (Fsp3) is 0.176. The highest BCUT2D eigenvalue weighted by molar-refractivity contribution is 7.89. The van der Waals surface area contributed by atoms with Gasteiger partial charge < -0.3 is 4.74 Å². The summed E-state index contributed by atoms with van der Waals surface area (Å²) in [6.07, 6.45) is -4.54. The molecule has 0 saturated heterocycles. The van der Waals surface area contributed by atoms with Gasteiger partial charge in [-0.1, -0.05) is 6.07 Å². The fourth-order valence-corrected chi connectivity index (χ4v) is 2.78. The van der Waals surface area contributed by atoms with Crippen LogP contribution in [0.4, 0.5) is 13.2 Å². The van der Waals surface area contributed by atoms with E-state index in [1.807, 2.05) is 5.43 Å². The van der Waals surface area contributed by atoms with Crippen molar-refractivity contribution in [2.24, 2.45) is 0 Å². The Hall–Kier alpha value is -3.12. The van der Waals surface area contributed by atoms with E-state index in [9.17, 15) is 31.2 Å². The van der Waals surface area contributed by atoms with Crippen molar-refractivity contribution in [2.75, 3.05) is 13.7 Å². The number of carbonyl (C=O) groups excluding carboxylic acids is 2. The number of hydrogen-bond donors (Lipinski definition) is 3. The smallest absolute Gasteiger partial charge is 0.416 e. The molecule has 0 radical (unpaired) electrons. The molecule has 0 aliphatic rings. The first-order valence-corrected chi connectivity index (χ1v) is 9.44. The van der Waals surface area contributed by atoms with Gasteiger partial charge in [-0.2, -0.15) is 13.2 Å². The number of rotatable bonds is 6. The monoisotopic (exact) mass is 431 g/mol. The number of ether oxygens (including phenoxy) is 1. The SMILES string of the molecule is CNS(=O)(=O)c1ccc(C(=O)NNC(=O)COc2cccc(C(F)(F)F)c2)cc1. The van der Waals surface area contributed by atoms with E-state index in [-0.39, 0.29) is 16.2 Å². The zero-order valence-electron chi connectivity index (χ0n) is 14.9. The summed E-state index contributed by atoms with van der Waals surface area (Å²) in [5, 5.41) is 0. The molecule has 0 unspecified atom stereocenters. The van der Waals surface area contributed by atoms with Gasteiger partial charge >= 0.3 is 6.18 Å². The van der Waals surface area contributed by atoms with Crippen molar-refractivity contribution in [3.05, 3.63) is 59.7 Å². The number of alkyl halides is 3. The predicted molar refractivity (Wildman–Crippen MR) is 95.2 cm³/mol. The highest BCUT2D eigenvalue weighted by Gasteiger charge is 2.30. The quantitative estimate of drug-likeness (QED) is 0.600. The molecule has 0 aliphatic heterocycles. The zero-order valence-corrected chi connectivity index (χ0v) is 15.7. The molecule has 156 valence electrons. The van der Waals surface area contributed by atoms with Crippen molar-refractivity contribution in [1.82, 2.24) is 15.6 Å². The maximum absolute atomic E-state index is 12.6. The highest BCUT2D eigenvalue weighted by atomic mass is 32.2. The van der Waals surface area contributed by atoms with Crippen LogP contribution in [0.3, 0.4) is 0 Å². The Labute approximate surface area is 164 Å². The van der Waals surface area contributed by atoms with Crippen molar-refractivity contribution >= 4 is 21.8 Å². The van der Waals surface area contributed by atoms with Gasteiger partial charge in [0.05, 0.1) is 10.5 Å². The van der Waals surface area contributed by atoms with Gasteiger partial charge in [-0.25, -0.2) is 13.1 Å². The van der Waals surface area contributed by atoms with E-state index in [1.165, 1.54) is 37.4 Å². The molecule has 29 heavy (non-hydrogen) atoms. The van der Waals surface area contributed by atoms with Crippen molar-refractivity contribution in [2.45, 2.75) is 11.1 Å². The third-order valence-corrected chi connectivity index (χ3v) is 4.97. The summed E-state index contributed by atoms with van der Waals surface area (Å²) in [7, 11) is -2.41. The molecule has 0 saturated carbocycles. The molecular weight excluding hydrogens is 415 g/mol. The maximum Gasteiger partial charge on any atom is 0.416 e. The lowest BCUT2D eigenvalue weighted by Crippen LogP contribution is -2.43. The molecule has 0 spiro atoms. The van der Waals surface area contributed by atoms with Crippen LogP contribution in [0.1, 0.15) is 15.9 Å². The lowest BCUT2D eigenvalue weighted by Gasteiger charge is -2.11. The Morgan fingerprint density at radius 2 is 1.69 bits per heavy atom. The minimum atomic E-state index is -4.54. The van der Waals surface area contributed by atoms with Crippen LogP contribution in [0.25, 0.3) is 0 Å². The number of benzene rings is 2. The lowest BCUT2D eigenvalue weighted by molar-refractivity contribution is -0.137. The molecular formula is C17H16F3N3O5S. The number of carbonyl (C=O) groups is 2. The zero-order chi connectivity index (χ0) is 21.7. The number of nitrogens with one attached hydrogen (secondary N) is 3. The highest BCUT2D eigenvalue weighted by Crippen LogP contribution is 2.31. The van der Waals surface area contributed by atoms with Crippen molar-refractivity contribution in [1.29, 1.82) is 0 Å². The van der Waals surface area contributed by atoms with Gasteiger partial charge in [0.25, 0.3) is 11.8 Å². The first kappa shape index (κ1) is 22.2. The summed E-state index contributed by atoms with van der Waals surface area (Å²) in [4.78, 5) is 23.6. The van der Waals surface area contributed by atoms with E-state index < -0.39 is 40.2 Å². The average Bonchev–Trinajstić information content (AvgIpc) is 2.70. The minimum Gasteiger partial charge on any atom is -0.484 e. The Balaban J connectivity index is 1.87. The average molecular weight is 431 g/mol. The van der Waals surface area contributed by atoms with Crippen molar-refractivity contribution < 1.29 is 35.9 Å². The van der Waals surface area contributed by atoms with Crippen LogP contribution in [0.2, 0.25) is 0 Å². The van der Waals surface area contributed by atoms with E-state index in [2.05, 4.69) is 10.1 Å². The molecule has 0 aliphatic carbocycles. The van der Waals surface area contributed by atoms with E-state index in [4.69, 9.17) is 4.74 Å². The Morgan fingerprint density at radius 1 is 1.03 bits per heavy atom. The summed E-state index contributed by atoms with van der Waals surface area (Å²) in [6.45, 7) is -0.638. The lowest BCUT2D eigenvalue weighted by atomic mass is 10.2. The first-order valence-electron chi connectivity index (χ1n) is 7.96. The van der Waals surface area contributed by atoms with Crippen LogP contribution in [-0.2, 0) is 21.0 Å². The second-order valence-electron chi connectivity index (χ2n) is 5.55.